The predicted octanol–water partition coefficient (Wildman–Crippen LogP) is 3.75. The third kappa shape index (κ3) is 2.87. The monoisotopic (exact) mass is 350 g/mol. The van der Waals surface area contributed by atoms with E-state index in [1.165, 1.54) is 11.1 Å². The molecule has 134 valence electrons. The largest absolute Gasteiger partial charge is 0.497 e. The van der Waals surface area contributed by atoms with Crippen LogP contribution in [0.1, 0.15) is 35.2 Å². The Labute approximate surface area is 152 Å². The summed E-state index contributed by atoms with van der Waals surface area (Å²) in [5.41, 5.74) is 3.52. The third-order valence-electron chi connectivity index (χ3n) is 4.91. The van der Waals surface area contributed by atoms with E-state index in [-0.39, 0.29) is 12.1 Å². The van der Waals surface area contributed by atoms with Gasteiger partial charge >= 0.3 is 0 Å². The number of nitrogens with zero attached hydrogens (tertiary/aromatic N) is 3. The fourth-order valence-electron chi connectivity index (χ4n) is 3.50. The van der Waals surface area contributed by atoms with E-state index in [2.05, 4.69) is 46.6 Å². The number of benzene rings is 2. The lowest BCUT2D eigenvalue weighted by atomic mass is 9.92. The summed E-state index contributed by atoms with van der Waals surface area (Å²) in [5.74, 6) is 2.38. The minimum atomic E-state index is 0.00473. The average Bonchev–Trinajstić information content (AvgIpc) is 3.16. The molecule has 2 heterocycles. The number of nitrogens with one attached hydrogen (secondary N) is 1. The van der Waals surface area contributed by atoms with Crippen LogP contribution < -0.4 is 14.8 Å². The summed E-state index contributed by atoms with van der Waals surface area (Å²) >= 11 is 0. The molecule has 0 amide bonds. The van der Waals surface area contributed by atoms with Gasteiger partial charge in [-0.3, -0.25) is 0 Å². The number of methoxy groups -OCH3 is 2. The van der Waals surface area contributed by atoms with Gasteiger partial charge in [-0.1, -0.05) is 29.8 Å². The van der Waals surface area contributed by atoms with Crippen LogP contribution in [-0.4, -0.2) is 29.0 Å². The SMILES string of the molecule is COc1ccc(OC)c(C2CC(c3ccc(C)cc3)Nc3ncnn32)c1. The Balaban J connectivity index is 1.77. The van der Waals surface area contributed by atoms with Gasteiger partial charge in [0.25, 0.3) is 0 Å². The van der Waals surface area contributed by atoms with Crippen molar-refractivity contribution < 1.29 is 9.47 Å². The summed E-state index contributed by atoms with van der Waals surface area (Å²) in [7, 11) is 3.36. The molecule has 0 spiro atoms. The Hall–Kier alpha value is -3.02. The molecule has 0 bridgehead atoms. The molecule has 2 aromatic carbocycles. The van der Waals surface area contributed by atoms with Gasteiger partial charge in [-0.25, -0.2) is 4.68 Å². The highest BCUT2D eigenvalue weighted by atomic mass is 16.5. The van der Waals surface area contributed by atoms with Crippen LogP contribution in [0.15, 0.2) is 48.8 Å². The topological polar surface area (TPSA) is 61.2 Å². The number of aromatic nitrogens is 3. The fraction of sp³-hybridized carbons (Fsp3) is 0.300. The van der Waals surface area contributed by atoms with Gasteiger partial charge in [0.05, 0.1) is 26.3 Å². The van der Waals surface area contributed by atoms with Crippen LogP contribution in [0.5, 0.6) is 11.5 Å². The maximum absolute atomic E-state index is 5.61. The lowest BCUT2D eigenvalue weighted by Crippen LogP contribution is -2.28. The molecule has 0 aliphatic carbocycles. The summed E-state index contributed by atoms with van der Waals surface area (Å²) in [6.07, 6.45) is 2.42. The second-order valence-electron chi connectivity index (χ2n) is 6.50. The quantitative estimate of drug-likeness (QED) is 0.776. The molecule has 0 fully saturated rings. The van der Waals surface area contributed by atoms with E-state index in [0.717, 1.165) is 29.4 Å². The van der Waals surface area contributed by atoms with E-state index in [1.807, 2.05) is 22.9 Å². The number of aryl methyl sites for hydroxylation is 1. The number of rotatable bonds is 4. The maximum Gasteiger partial charge on any atom is 0.222 e. The first-order valence-corrected chi connectivity index (χ1v) is 8.64. The highest BCUT2D eigenvalue weighted by molar-refractivity contribution is 5.46. The van der Waals surface area contributed by atoms with Crippen molar-refractivity contribution in [1.29, 1.82) is 0 Å². The first kappa shape index (κ1) is 16.4. The second-order valence-corrected chi connectivity index (χ2v) is 6.50. The van der Waals surface area contributed by atoms with E-state index in [9.17, 15) is 0 Å². The molecular weight excluding hydrogens is 328 g/mol. The van der Waals surface area contributed by atoms with Crippen molar-refractivity contribution in [3.63, 3.8) is 0 Å². The van der Waals surface area contributed by atoms with E-state index < -0.39 is 0 Å². The first-order chi connectivity index (χ1) is 12.7. The van der Waals surface area contributed by atoms with Crippen LogP contribution in [0.25, 0.3) is 0 Å². The molecule has 1 aromatic heterocycles. The second kappa shape index (κ2) is 6.71. The van der Waals surface area contributed by atoms with Crippen LogP contribution >= 0.6 is 0 Å². The van der Waals surface area contributed by atoms with E-state index in [1.54, 1.807) is 20.5 Å². The van der Waals surface area contributed by atoms with Crippen molar-refractivity contribution in [2.24, 2.45) is 0 Å². The molecule has 4 rings (SSSR count). The van der Waals surface area contributed by atoms with Crippen molar-refractivity contribution in [3.05, 3.63) is 65.5 Å². The molecule has 6 nitrogen and oxygen atoms in total. The van der Waals surface area contributed by atoms with Gasteiger partial charge in [-0.15, -0.1) is 0 Å². The Morgan fingerprint density at radius 2 is 1.88 bits per heavy atom. The van der Waals surface area contributed by atoms with Crippen LogP contribution in [0.4, 0.5) is 5.95 Å². The van der Waals surface area contributed by atoms with Gasteiger partial charge in [-0.05, 0) is 37.1 Å². The molecule has 0 radical (unpaired) electrons. The predicted molar refractivity (Wildman–Crippen MR) is 99.9 cm³/mol. The van der Waals surface area contributed by atoms with E-state index in [0.29, 0.717) is 0 Å². The Kier molecular flexibility index (Phi) is 4.24. The molecular formula is C20H22N4O2. The van der Waals surface area contributed by atoms with Gasteiger partial charge in [0, 0.05) is 5.56 Å². The summed E-state index contributed by atoms with van der Waals surface area (Å²) < 4.78 is 13.0. The molecule has 2 atom stereocenters. The zero-order chi connectivity index (χ0) is 18.1. The van der Waals surface area contributed by atoms with Gasteiger partial charge < -0.3 is 14.8 Å². The average molecular weight is 350 g/mol. The van der Waals surface area contributed by atoms with Crippen molar-refractivity contribution >= 4 is 5.95 Å². The van der Waals surface area contributed by atoms with Crippen LogP contribution in [-0.2, 0) is 0 Å². The standard InChI is InChI=1S/C20H22N4O2/c1-13-4-6-14(7-5-13)17-11-18(24-20(23-17)21-12-22-24)16-10-15(25-2)8-9-19(16)26-3/h4-10,12,17-18H,11H2,1-3H3,(H,21,22,23). The normalized spacial score (nSPS) is 18.7. The van der Waals surface area contributed by atoms with Crippen LogP contribution in [0.2, 0.25) is 0 Å². The first-order valence-electron chi connectivity index (χ1n) is 8.64. The number of hydrogen-bond acceptors (Lipinski definition) is 5. The summed E-state index contributed by atoms with van der Waals surface area (Å²) in [5, 5.41) is 7.93. The Morgan fingerprint density at radius 1 is 1.08 bits per heavy atom. The summed E-state index contributed by atoms with van der Waals surface area (Å²) in [4.78, 5) is 4.39. The van der Waals surface area contributed by atoms with Crippen molar-refractivity contribution in [2.45, 2.75) is 25.4 Å². The van der Waals surface area contributed by atoms with Gasteiger partial charge in [0.15, 0.2) is 0 Å². The number of anilines is 1. The molecule has 1 aliphatic heterocycles. The van der Waals surface area contributed by atoms with Crippen LogP contribution in [0, 0.1) is 6.92 Å². The minimum Gasteiger partial charge on any atom is -0.497 e. The minimum absolute atomic E-state index is 0.00473. The molecule has 0 saturated heterocycles. The lowest BCUT2D eigenvalue weighted by Gasteiger charge is -2.32. The van der Waals surface area contributed by atoms with E-state index in [4.69, 9.17) is 9.47 Å². The molecule has 3 aromatic rings. The number of hydrogen-bond donors (Lipinski definition) is 1. The molecule has 1 N–H and O–H groups in total. The molecule has 6 heteroatoms. The molecule has 2 unspecified atom stereocenters. The zero-order valence-corrected chi connectivity index (χ0v) is 15.1. The van der Waals surface area contributed by atoms with Gasteiger partial charge in [0.2, 0.25) is 5.95 Å². The van der Waals surface area contributed by atoms with Gasteiger partial charge in [0.1, 0.15) is 17.8 Å². The lowest BCUT2D eigenvalue weighted by molar-refractivity contribution is 0.373. The maximum atomic E-state index is 5.61. The molecule has 0 saturated carbocycles. The zero-order valence-electron chi connectivity index (χ0n) is 15.1. The van der Waals surface area contributed by atoms with E-state index >= 15 is 0 Å². The van der Waals surface area contributed by atoms with Crippen molar-refractivity contribution in [2.75, 3.05) is 19.5 Å². The smallest absolute Gasteiger partial charge is 0.222 e. The summed E-state index contributed by atoms with van der Waals surface area (Å²) in [6.45, 7) is 2.10. The fourth-order valence-corrected chi connectivity index (χ4v) is 3.50. The summed E-state index contributed by atoms with van der Waals surface area (Å²) in [6, 6.07) is 14.6. The van der Waals surface area contributed by atoms with Crippen molar-refractivity contribution in [3.8, 4) is 11.5 Å². The van der Waals surface area contributed by atoms with Crippen LogP contribution in [0.3, 0.4) is 0 Å². The Bertz CT molecular complexity index is 904. The Morgan fingerprint density at radius 3 is 2.62 bits per heavy atom. The number of fused-ring (bicyclic) bond motifs is 1. The van der Waals surface area contributed by atoms with Gasteiger partial charge in [-0.2, -0.15) is 10.1 Å². The molecule has 26 heavy (non-hydrogen) atoms. The highest BCUT2D eigenvalue weighted by Crippen LogP contribution is 2.41. The highest BCUT2D eigenvalue weighted by Gasteiger charge is 2.31. The molecule has 1 aliphatic rings. The number of ether oxygens (including phenoxy) is 2. The van der Waals surface area contributed by atoms with Crippen molar-refractivity contribution in [1.82, 2.24) is 14.8 Å². The third-order valence-corrected chi connectivity index (χ3v) is 4.91.